The van der Waals surface area contributed by atoms with Crippen LogP contribution in [0.3, 0.4) is 0 Å². The predicted molar refractivity (Wildman–Crippen MR) is 106 cm³/mol. The molecule has 6 nitrogen and oxygen atoms in total. The maximum Gasteiger partial charge on any atom is 0.214 e. The number of benzene rings is 1. The molecule has 0 aliphatic heterocycles. The summed E-state index contributed by atoms with van der Waals surface area (Å²) in [7, 11) is 0. The minimum atomic E-state index is 0.424. The highest BCUT2D eigenvalue weighted by molar-refractivity contribution is 8.00. The van der Waals surface area contributed by atoms with Crippen molar-refractivity contribution in [3.8, 4) is 11.3 Å². The molecule has 3 aromatic heterocycles. The van der Waals surface area contributed by atoms with Crippen molar-refractivity contribution in [3.05, 3.63) is 47.2 Å². The van der Waals surface area contributed by atoms with Crippen molar-refractivity contribution in [1.82, 2.24) is 19.9 Å². The van der Waals surface area contributed by atoms with Gasteiger partial charge in [0, 0.05) is 10.6 Å². The molecule has 0 amide bonds. The number of thiazole rings is 1. The van der Waals surface area contributed by atoms with Crippen molar-refractivity contribution in [1.29, 1.82) is 0 Å². The molecule has 0 bridgehead atoms. The van der Waals surface area contributed by atoms with Gasteiger partial charge >= 0.3 is 0 Å². The van der Waals surface area contributed by atoms with Crippen molar-refractivity contribution in [2.75, 3.05) is 11.6 Å². The van der Waals surface area contributed by atoms with E-state index in [1.54, 1.807) is 23.1 Å². The van der Waals surface area contributed by atoms with E-state index >= 15 is 0 Å². The van der Waals surface area contributed by atoms with Crippen LogP contribution >= 0.6 is 34.7 Å². The zero-order chi connectivity index (χ0) is 18.1. The fourth-order valence-electron chi connectivity index (χ4n) is 2.50. The lowest BCUT2D eigenvalue weighted by Gasteiger charge is -2.02. The summed E-state index contributed by atoms with van der Waals surface area (Å²) in [6.45, 7) is 2.35. The van der Waals surface area contributed by atoms with E-state index < -0.39 is 0 Å². The lowest BCUT2D eigenvalue weighted by Crippen LogP contribution is -2.02. The van der Waals surface area contributed by atoms with E-state index in [9.17, 15) is 0 Å². The van der Waals surface area contributed by atoms with E-state index in [2.05, 4.69) is 25.3 Å². The smallest absolute Gasteiger partial charge is 0.214 e. The Kier molecular flexibility index (Phi) is 4.80. The Morgan fingerprint density at radius 2 is 2.00 bits per heavy atom. The first-order valence-corrected chi connectivity index (χ1v) is 10.2. The molecular formula is C17H14ClN5OS2. The van der Waals surface area contributed by atoms with E-state index in [-0.39, 0.29) is 0 Å². The maximum absolute atomic E-state index is 5.95. The first-order chi connectivity index (χ1) is 12.6. The zero-order valence-electron chi connectivity index (χ0n) is 14.0. The summed E-state index contributed by atoms with van der Waals surface area (Å²) in [4.78, 5) is 17.5. The molecule has 0 aliphatic rings. The molecule has 0 radical (unpaired) electrons. The molecule has 0 saturated carbocycles. The van der Waals surface area contributed by atoms with Gasteiger partial charge in [0.25, 0.3) is 0 Å². The standard InChI is InChI=1S/C17H14ClN5OS2/c1-9-13(10-3-5-11(18)6-4-10)24-12(22-9)7-19-15-14-16(21-8-20-15)23-17(25-2)26-14/h3-6,8H,7H2,1-2H3,(H,19,20,21). The van der Waals surface area contributed by atoms with Gasteiger partial charge < -0.3 is 9.73 Å². The van der Waals surface area contributed by atoms with Crippen LogP contribution in [0.5, 0.6) is 0 Å². The molecular weight excluding hydrogens is 390 g/mol. The second kappa shape index (κ2) is 7.22. The van der Waals surface area contributed by atoms with Crippen LogP contribution in [0.1, 0.15) is 11.6 Å². The third-order valence-electron chi connectivity index (χ3n) is 3.70. The van der Waals surface area contributed by atoms with Gasteiger partial charge in [0.05, 0.1) is 12.2 Å². The summed E-state index contributed by atoms with van der Waals surface area (Å²) in [6, 6.07) is 7.51. The minimum Gasteiger partial charge on any atom is -0.438 e. The Hall–Kier alpha value is -2.16. The lowest BCUT2D eigenvalue weighted by atomic mass is 10.1. The van der Waals surface area contributed by atoms with Crippen molar-refractivity contribution in [2.45, 2.75) is 17.8 Å². The molecule has 0 fully saturated rings. The van der Waals surface area contributed by atoms with Crippen LogP contribution in [0.25, 0.3) is 21.7 Å². The number of hydrogen-bond acceptors (Lipinski definition) is 8. The Morgan fingerprint density at radius 3 is 2.77 bits per heavy atom. The average Bonchev–Trinajstić information content (AvgIpc) is 3.24. The Labute approximate surface area is 163 Å². The highest BCUT2D eigenvalue weighted by Crippen LogP contribution is 2.31. The topological polar surface area (TPSA) is 76.7 Å². The van der Waals surface area contributed by atoms with Crippen LogP contribution in [-0.4, -0.2) is 26.2 Å². The van der Waals surface area contributed by atoms with Gasteiger partial charge in [0.15, 0.2) is 15.7 Å². The van der Waals surface area contributed by atoms with Crippen LogP contribution in [0.15, 0.2) is 39.3 Å². The number of halogens is 1. The third kappa shape index (κ3) is 3.40. The summed E-state index contributed by atoms with van der Waals surface area (Å²) < 4.78 is 7.81. The Bertz CT molecular complexity index is 1060. The van der Waals surface area contributed by atoms with Crippen molar-refractivity contribution in [2.24, 2.45) is 0 Å². The maximum atomic E-state index is 5.95. The van der Waals surface area contributed by atoms with Gasteiger partial charge in [-0.25, -0.2) is 19.9 Å². The fraction of sp³-hybridized carbons (Fsp3) is 0.176. The molecule has 1 aromatic carbocycles. The number of aryl methyl sites for hydroxylation is 1. The number of nitrogens with one attached hydrogen (secondary N) is 1. The van der Waals surface area contributed by atoms with Crippen LogP contribution in [0.4, 0.5) is 5.82 Å². The molecule has 1 N–H and O–H groups in total. The molecule has 4 aromatic rings. The number of rotatable bonds is 5. The highest BCUT2D eigenvalue weighted by atomic mass is 35.5. The van der Waals surface area contributed by atoms with Gasteiger partial charge in [-0.05, 0) is 37.4 Å². The first kappa shape index (κ1) is 17.3. The molecule has 0 atom stereocenters. The summed E-state index contributed by atoms with van der Waals surface area (Å²) in [5.41, 5.74) is 2.48. The number of thioether (sulfide) groups is 1. The second-order valence-corrected chi connectivity index (χ2v) is 7.93. The molecule has 26 heavy (non-hydrogen) atoms. The third-order valence-corrected chi connectivity index (χ3v) is 5.99. The fourth-order valence-corrected chi connectivity index (χ4v) is 4.11. The van der Waals surface area contributed by atoms with Crippen LogP contribution in [-0.2, 0) is 6.54 Å². The minimum absolute atomic E-state index is 0.424. The Balaban J connectivity index is 1.56. The number of hydrogen-bond donors (Lipinski definition) is 1. The summed E-state index contributed by atoms with van der Waals surface area (Å²) in [6.07, 6.45) is 3.50. The van der Waals surface area contributed by atoms with Crippen LogP contribution < -0.4 is 5.32 Å². The summed E-state index contributed by atoms with van der Waals surface area (Å²) in [5, 5.41) is 3.96. The largest absolute Gasteiger partial charge is 0.438 e. The van der Waals surface area contributed by atoms with Gasteiger partial charge in [-0.15, -0.1) is 11.3 Å². The van der Waals surface area contributed by atoms with E-state index in [0.29, 0.717) is 23.1 Å². The van der Waals surface area contributed by atoms with Gasteiger partial charge in [-0.2, -0.15) is 0 Å². The van der Waals surface area contributed by atoms with E-state index in [1.165, 1.54) is 6.33 Å². The summed E-state index contributed by atoms with van der Waals surface area (Å²) >= 11 is 9.11. The number of anilines is 1. The average molecular weight is 404 g/mol. The zero-order valence-corrected chi connectivity index (χ0v) is 16.4. The first-order valence-electron chi connectivity index (χ1n) is 7.75. The number of fused-ring (bicyclic) bond motifs is 1. The lowest BCUT2D eigenvalue weighted by molar-refractivity contribution is 0.515. The number of aromatic nitrogens is 4. The van der Waals surface area contributed by atoms with Gasteiger partial charge in [-0.3, -0.25) is 0 Å². The van der Waals surface area contributed by atoms with Crippen LogP contribution in [0.2, 0.25) is 5.02 Å². The second-order valence-electron chi connectivity index (χ2n) is 5.44. The van der Waals surface area contributed by atoms with Crippen LogP contribution in [0, 0.1) is 6.92 Å². The normalized spacial score (nSPS) is 11.2. The molecule has 3 heterocycles. The molecule has 0 saturated heterocycles. The van der Waals surface area contributed by atoms with Crippen molar-refractivity contribution >= 4 is 50.9 Å². The number of oxazole rings is 1. The molecule has 9 heteroatoms. The van der Waals surface area contributed by atoms with Gasteiger partial charge in [-0.1, -0.05) is 23.4 Å². The monoisotopic (exact) mass is 403 g/mol. The molecule has 132 valence electrons. The molecule has 0 spiro atoms. The quantitative estimate of drug-likeness (QED) is 0.468. The Morgan fingerprint density at radius 1 is 1.19 bits per heavy atom. The van der Waals surface area contributed by atoms with Gasteiger partial charge in [0.2, 0.25) is 5.89 Å². The SMILES string of the molecule is CSc1nc2ncnc(NCc3nc(C)c(-c4ccc(Cl)cc4)o3)c2s1. The molecule has 0 unspecified atom stereocenters. The predicted octanol–water partition coefficient (Wildman–Crippen LogP) is 5.04. The van der Waals surface area contributed by atoms with Crippen molar-refractivity contribution in [3.63, 3.8) is 0 Å². The van der Waals surface area contributed by atoms with E-state index in [0.717, 1.165) is 31.9 Å². The summed E-state index contributed by atoms with van der Waals surface area (Å²) in [5.74, 6) is 2.07. The molecule has 4 rings (SSSR count). The highest BCUT2D eigenvalue weighted by Gasteiger charge is 2.14. The van der Waals surface area contributed by atoms with E-state index in [1.807, 2.05) is 37.4 Å². The van der Waals surface area contributed by atoms with Crippen molar-refractivity contribution < 1.29 is 4.42 Å². The molecule has 0 aliphatic carbocycles. The van der Waals surface area contributed by atoms with Gasteiger partial charge in [0.1, 0.15) is 16.8 Å². The van der Waals surface area contributed by atoms with E-state index in [4.69, 9.17) is 16.0 Å². The number of nitrogens with zero attached hydrogens (tertiary/aromatic N) is 4.